The first kappa shape index (κ1) is 23.5. The van der Waals surface area contributed by atoms with Crippen LogP contribution in [-0.2, 0) is 22.1 Å². The number of methoxy groups -OCH3 is 1. The topological polar surface area (TPSA) is 47.6 Å². The van der Waals surface area contributed by atoms with Crippen molar-refractivity contribution in [1.82, 2.24) is 4.72 Å². The second-order valence-electron chi connectivity index (χ2n) is 9.48. The second kappa shape index (κ2) is 8.79. The zero-order valence-corrected chi connectivity index (χ0v) is 18.9. The molecule has 2 aliphatic rings. The summed E-state index contributed by atoms with van der Waals surface area (Å²) < 4.78 is 64.2. The van der Waals surface area contributed by atoms with Crippen molar-refractivity contribution in [1.29, 1.82) is 0 Å². The zero-order chi connectivity index (χ0) is 22.2. The van der Waals surface area contributed by atoms with Crippen molar-refractivity contribution in [3.63, 3.8) is 0 Å². The van der Waals surface area contributed by atoms with E-state index in [0.717, 1.165) is 43.2 Å². The Morgan fingerprint density at radius 3 is 2.43 bits per heavy atom. The summed E-state index contributed by atoms with van der Waals surface area (Å²) in [4.78, 5) is 0. The molecule has 1 saturated carbocycles. The quantitative estimate of drug-likeness (QED) is 0.649. The van der Waals surface area contributed by atoms with Gasteiger partial charge in [-0.25, -0.2) is 8.93 Å². The van der Waals surface area contributed by atoms with Crippen LogP contribution in [0.25, 0.3) is 0 Å². The standard InChI is InChI=1S/C22H32F3NO3S/c1-20(2,3)30(27)26-19-18-13-17(29-12-11-22(23,24)25)6-5-15(18)14-21(19)9-7-16(28-4)8-10-21/h5-6,13,16,19,26H,7-12,14H2,1-4H3. The van der Waals surface area contributed by atoms with Crippen molar-refractivity contribution < 1.29 is 26.9 Å². The van der Waals surface area contributed by atoms with Crippen LogP contribution < -0.4 is 9.46 Å². The lowest BCUT2D eigenvalue weighted by Crippen LogP contribution is -2.44. The van der Waals surface area contributed by atoms with Gasteiger partial charge in [-0.05, 0) is 81.5 Å². The number of hydrogen-bond donors (Lipinski definition) is 1. The zero-order valence-electron chi connectivity index (χ0n) is 18.1. The maximum Gasteiger partial charge on any atom is 0.392 e. The Bertz CT molecular complexity index is 768. The molecule has 0 bridgehead atoms. The van der Waals surface area contributed by atoms with Crippen LogP contribution in [0.1, 0.15) is 70.0 Å². The Morgan fingerprint density at radius 1 is 1.20 bits per heavy atom. The number of alkyl halides is 3. The van der Waals surface area contributed by atoms with Crippen molar-refractivity contribution in [2.24, 2.45) is 5.41 Å². The molecule has 0 aliphatic heterocycles. The molecule has 1 spiro atoms. The van der Waals surface area contributed by atoms with Crippen LogP contribution in [0.3, 0.4) is 0 Å². The fraction of sp³-hybridized carbons (Fsp3) is 0.727. The minimum absolute atomic E-state index is 0.0666. The van der Waals surface area contributed by atoms with Gasteiger partial charge in [0.2, 0.25) is 0 Å². The number of fused-ring (bicyclic) bond motifs is 1. The summed E-state index contributed by atoms with van der Waals surface area (Å²) in [7, 11) is 0.470. The van der Waals surface area contributed by atoms with Gasteiger partial charge in [0.25, 0.3) is 0 Å². The van der Waals surface area contributed by atoms with Gasteiger partial charge < -0.3 is 9.47 Å². The summed E-state index contributed by atoms with van der Waals surface area (Å²) in [6.45, 7) is 5.38. The molecular weight excluding hydrogens is 415 g/mol. The number of nitrogens with one attached hydrogen (secondary N) is 1. The van der Waals surface area contributed by atoms with Gasteiger partial charge in [0.15, 0.2) is 0 Å². The lowest BCUT2D eigenvalue weighted by atomic mass is 9.69. The van der Waals surface area contributed by atoms with E-state index in [-0.39, 0.29) is 17.6 Å². The van der Waals surface area contributed by atoms with Crippen LogP contribution in [-0.4, -0.2) is 35.0 Å². The Hall–Kier alpha value is -1.12. The SMILES string of the molecule is COC1CCC2(CC1)Cc1ccc(OCCC(F)(F)F)cc1C2NS(=O)C(C)(C)C. The molecule has 2 unspecified atom stereocenters. The van der Waals surface area contributed by atoms with Crippen LogP contribution in [0.15, 0.2) is 18.2 Å². The molecule has 1 aromatic rings. The minimum atomic E-state index is -4.24. The van der Waals surface area contributed by atoms with E-state index in [0.29, 0.717) is 5.75 Å². The second-order valence-corrected chi connectivity index (χ2v) is 11.5. The van der Waals surface area contributed by atoms with Gasteiger partial charge in [0, 0.05) is 7.11 Å². The van der Waals surface area contributed by atoms with E-state index in [1.807, 2.05) is 32.9 Å². The molecule has 0 amide bonds. The van der Waals surface area contributed by atoms with Crippen LogP contribution in [0, 0.1) is 5.41 Å². The van der Waals surface area contributed by atoms with E-state index < -0.39 is 34.9 Å². The van der Waals surface area contributed by atoms with E-state index >= 15 is 0 Å². The third kappa shape index (κ3) is 5.37. The van der Waals surface area contributed by atoms with Gasteiger partial charge in [-0.15, -0.1) is 0 Å². The van der Waals surface area contributed by atoms with Gasteiger partial charge in [0.05, 0.1) is 40.9 Å². The summed E-state index contributed by atoms with van der Waals surface area (Å²) in [5.74, 6) is 0.425. The maximum atomic E-state index is 13.0. The minimum Gasteiger partial charge on any atom is -0.493 e. The highest BCUT2D eigenvalue weighted by atomic mass is 32.2. The van der Waals surface area contributed by atoms with Gasteiger partial charge in [-0.2, -0.15) is 13.2 Å². The third-order valence-electron chi connectivity index (χ3n) is 6.28. The molecule has 1 N–H and O–H groups in total. The molecule has 0 radical (unpaired) electrons. The first-order chi connectivity index (χ1) is 13.9. The third-order valence-corrected chi connectivity index (χ3v) is 7.84. The van der Waals surface area contributed by atoms with Crippen LogP contribution in [0.4, 0.5) is 13.2 Å². The van der Waals surface area contributed by atoms with Gasteiger partial charge in [-0.3, -0.25) is 0 Å². The van der Waals surface area contributed by atoms with Crippen molar-refractivity contribution in [2.75, 3.05) is 13.7 Å². The fourth-order valence-corrected chi connectivity index (χ4v) is 5.47. The predicted octanol–water partition coefficient (Wildman–Crippen LogP) is 5.24. The summed E-state index contributed by atoms with van der Waals surface area (Å²) in [5, 5.41) is 0. The number of ether oxygens (including phenoxy) is 2. The molecule has 3 rings (SSSR count). The fourth-order valence-electron chi connectivity index (χ4n) is 4.53. The summed E-state index contributed by atoms with van der Waals surface area (Å²) in [5.41, 5.74) is 2.08. The Morgan fingerprint density at radius 2 is 1.87 bits per heavy atom. The highest BCUT2D eigenvalue weighted by molar-refractivity contribution is 7.84. The molecule has 0 saturated heterocycles. The van der Waals surface area contributed by atoms with Crippen molar-refractivity contribution in [3.05, 3.63) is 29.3 Å². The number of benzene rings is 1. The van der Waals surface area contributed by atoms with E-state index in [2.05, 4.69) is 4.72 Å². The maximum absolute atomic E-state index is 13.0. The number of halogens is 3. The molecule has 8 heteroatoms. The first-order valence-electron chi connectivity index (χ1n) is 10.5. The van der Waals surface area contributed by atoms with Crippen LogP contribution >= 0.6 is 0 Å². The molecule has 1 fully saturated rings. The Balaban J connectivity index is 1.85. The highest BCUT2D eigenvalue weighted by Crippen LogP contribution is 2.55. The van der Waals surface area contributed by atoms with Crippen LogP contribution in [0.5, 0.6) is 5.75 Å². The smallest absolute Gasteiger partial charge is 0.392 e. The summed E-state index contributed by atoms with van der Waals surface area (Å²) in [6.07, 6.45) is -0.335. The van der Waals surface area contributed by atoms with E-state index in [9.17, 15) is 17.4 Å². The lowest BCUT2D eigenvalue weighted by Gasteiger charge is -2.42. The first-order valence-corrected chi connectivity index (χ1v) is 11.6. The summed E-state index contributed by atoms with van der Waals surface area (Å²) >= 11 is 0. The molecule has 2 atom stereocenters. The number of hydrogen-bond acceptors (Lipinski definition) is 3. The molecule has 170 valence electrons. The van der Waals surface area contributed by atoms with Gasteiger partial charge in [-0.1, -0.05) is 6.07 Å². The monoisotopic (exact) mass is 447 g/mol. The van der Waals surface area contributed by atoms with Crippen molar-refractivity contribution in [2.45, 2.75) is 82.4 Å². The van der Waals surface area contributed by atoms with E-state index in [4.69, 9.17) is 9.47 Å². The molecule has 0 aromatic heterocycles. The van der Waals surface area contributed by atoms with Gasteiger partial charge in [0.1, 0.15) is 5.75 Å². The van der Waals surface area contributed by atoms with Crippen molar-refractivity contribution in [3.8, 4) is 5.75 Å². The normalized spacial score (nSPS) is 27.8. The average molecular weight is 448 g/mol. The van der Waals surface area contributed by atoms with Gasteiger partial charge >= 0.3 is 6.18 Å². The number of rotatable bonds is 6. The molecule has 30 heavy (non-hydrogen) atoms. The lowest BCUT2D eigenvalue weighted by molar-refractivity contribution is -0.139. The molecule has 2 aliphatic carbocycles. The predicted molar refractivity (Wildman–Crippen MR) is 112 cm³/mol. The average Bonchev–Trinajstić information content (AvgIpc) is 2.93. The highest BCUT2D eigenvalue weighted by Gasteiger charge is 2.49. The summed E-state index contributed by atoms with van der Waals surface area (Å²) in [6, 6.07) is 5.40. The van der Waals surface area contributed by atoms with E-state index in [1.165, 1.54) is 0 Å². The Kier molecular flexibility index (Phi) is 6.90. The Labute approximate surface area is 179 Å². The van der Waals surface area contributed by atoms with Crippen LogP contribution in [0.2, 0.25) is 0 Å². The van der Waals surface area contributed by atoms with E-state index in [1.54, 1.807) is 13.2 Å². The van der Waals surface area contributed by atoms with Crippen molar-refractivity contribution >= 4 is 11.0 Å². The molecule has 0 heterocycles. The largest absolute Gasteiger partial charge is 0.493 e. The molecule has 4 nitrogen and oxygen atoms in total. The molecular formula is C22H32F3NO3S. The molecule has 1 aromatic carbocycles.